The van der Waals surface area contributed by atoms with Crippen molar-refractivity contribution >= 4 is 0 Å². The third kappa shape index (κ3) is 2.94. The zero-order chi connectivity index (χ0) is 10.7. The lowest BCUT2D eigenvalue weighted by molar-refractivity contribution is 0.0974. The Morgan fingerprint density at radius 1 is 1.13 bits per heavy atom. The number of hydrogen-bond acceptors (Lipinski definition) is 2. The highest BCUT2D eigenvalue weighted by atomic mass is 15.2. The first-order valence-corrected chi connectivity index (χ1v) is 6.71. The number of likely N-dealkylation sites (N-methyl/N-ethyl adjacent to an activating group) is 1. The molecule has 0 bridgehead atoms. The lowest BCUT2D eigenvalue weighted by Crippen LogP contribution is -2.49. The summed E-state index contributed by atoms with van der Waals surface area (Å²) >= 11 is 0. The largest absolute Gasteiger partial charge is 0.316 e. The number of rotatable bonds is 2. The van der Waals surface area contributed by atoms with Gasteiger partial charge in [0.25, 0.3) is 0 Å². The van der Waals surface area contributed by atoms with Crippen LogP contribution in [-0.4, -0.2) is 37.1 Å². The van der Waals surface area contributed by atoms with Gasteiger partial charge in [0, 0.05) is 18.6 Å². The first kappa shape index (κ1) is 11.4. The summed E-state index contributed by atoms with van der Waals surface area (Å²) < 4.78 is 0. The molecule has 2 aliphatic rings. The molecule has 1 aliphatic heterocycles. The van der Waals surface area contributed by atoms with E-state index >= 15 is 0 Å². The van der Waals surface area contributed by atoms with Crippen molar-refractivity contribution in [1.82, 2.24) is 10.2 Å². The van der Waals surface area contributed by atoms with Crippen molar-refractivity contribution in [2.24, 2.45) is 5.92 Å². The first-order valence-electron chi connectivity index (χ1n) is 6.71. The van der Waals surface area contributed by atoms with E-state index in [4.69, 9.17) is 0 Å². The fraction of sp³-hybridized carbons (Fsp3) is 1.00. The fourth-order valence-electron chi connectivity index (χ4n) is 3.31. The normalized spacial score (nSPS) is 39.2. The van der Waals surface area contributed by atoms with Gasteiger partial charge < -0.3 is 5.32 Å². The van der Waals surface area contributed by atoms with Gasteiger partial charge in [-0.25, -0.2) is 0 Å². The van der Waals surface area contributed by atoms with Gasteiger partial charge in [-0.1, -0.05) is 19.8 Å². The van der Waals surface area contributed by atoms with Gasteiger partial charge in [0.05, 0.1) is 0 Å². The van der Waals surface area contributed by atoms with E-state index in [0.29, 0.717) is 0 Å². The molecule has 0 aromatic rings. The molecule has 1 saturated heterocycles. The second-order valence-corrected chi connectivity index (χ2v) is 5.55. The fourth-order valence-corrected chi connectivity index (χ4v) is 3.31. The summed E-state index contributed by atoms with van der Waals surface area (Å²) in [6.07, 6.45) is 8.55. The van der Waals surface area contributed by atoms with Crippen LogP contribution >= 0.6 is 0 Å². The lowest BCUT2D eigenvalue weighted by atomic mass is 9.85. The molecule has 1 heterocycles. The van der Waals surface area contributed by atoms with E-state index in [1.165, 1.54) is 51.6 Å². The predicted octanol–water partition coefficient (Wildman–Crippen LogP) is 2.25. The summed E-state index contributed by atoms with van der Waals surface area (Å²) in [4.78, 5) is 2.75. The van der Waals surface area contributed by atoms with E-state index in [2.05, 4.69) is 24.2 Å². The summed E-state index contributed by atoms with van der Waals surface area (Å²) in [5, 5.41) is 3.44. The molecular formula is C13H26N2. The zero-order valence-corrected chi connectivity index (χ0v) is 10.3. The average molecular weight is 210 g/mol. The second kappa shape index (κ2) is 5.31. The second-order valence-electron chi connectivity index (χ2n) is 5.55. The molecule has 0 radical (unpaired) electrons. The van der Waals surface area contributed by atoms with Crippen LogP contribution < -0.4 is 5.32 Å². The van der Waals surface area contributed by atoms with Crippen LogP contribution in [0.25, 0.3) is 0 Å². The van der Waals surface area contributed by atoms with Gasteiger partial charge in [-0.2, -0.15) is 0 Å². The standard InChI is InChI=1S/C13H26N2/c1-11-5-3-7-13(9-11)15-8-4-6-12(10-15)14-2/h11-14H,3-10H2,1-2H3. The molecule has 2 heteroatoms. The Morgan fingerprint density at radius 2 is 2.00 bits per heavy atom. The summed E-state index contributed by atoms with van der Waals surface area (Å²) in [6.45, 7) is 5.05. The van der Waals surface area contributed by atoms with Crippen molar-refractivity contribution < 1.29 is 0 Å². The van der Waals surface area contributed by atoms with Crippen LogP contribution in [0.2, 0.25) is 0 Å². The molecule has 0 aromatic heterocycles. The molecule has 88 valence electrons. The Kier molecular flexibility index (Phi) is 4.04. The van der Waals surface area contributed by atoms with Crippen molar-refractivity contribution in [1.29, 1.82) is 0 Å². The minimum absolute atomic E-state index is 0.746. The highest BCUT2D eigenvalue weighted by Crippen LogP contribution is 2.28. The van der Waals surface area contributed by atoms with Gasteiger partial charge in [-0.05, 0) is 45.2 Å². The predicted molar refractivity (Wildman–Crippen MR) is 65.1 cm³/mol. The maximum absolute atomic E-state index is 3.44. The highest BCUT2D eigenvalue weighted by Gasteiger charge is 2.28. The van der Waals surface area contributed by atoms with E-state index in [0.717, 1.165) is 18.0 Å². The van der Waals surface area contributed by atoms with Gasteiger partial charge in [0.1, 0.15) is 0 Å². The smallest absolute Gasteiger partial charge is 0.0192 e. The monoisotopic (exact) mass is 210 g/mol. The molecule has 1 N–H and O–H groups in total. The molecule has 2 rings (SSSR count). The summed E-state index contributed by atoms with van der Waals surface area (Å²) in [5.41, 5.74) is 0. The van der Waals surface area contributed by atoms with Gasteiger partial charge in [-0.15, -0.1) is 0 Å². The molecular weight excluding hydrogens is 184 g/mol. The average Bonchev–Trinajstić information content (AvgIpc) is 2.29. The number of likely N-dealkylation sites (tertiary alicyclic amines) is 1. The number of hydrogen-bond donors (Lipinski definition) is 1. The van der Waals surface area contributed by atoms with Crippen molar-refractivity contribution in [2.45, 2.75) is 57.5 Å². The molecule has 0 spiro atoms. The summed E-state index contributed by atoms with van der Waals surface area (Å²) in [7, 11) is 2.11. The minimum Gasteiger partial charge on any atom is -0.316 e. The molecule has 2 fully saturated rings. The van der Waals surface area contributed by atoms with Crippen LogP contribution in [0, 0.1) is 5.92 Å². The maximum atomic E-state index is 3.44. The Bertz CT molecular complexity index is 193. The number of nitrogens with one attached hydrogen (secondary N) is 1. The van der Waals surface area contributed by atoms with Crippen LogP contribution in [0.4, 0.5) is 0 Å². The Balaban J connectivity index is 1.86. The minimum atomic E-state index is 0.746. The quantitative estimate of drug-likeness (QED) is 0.752. The van der Waals surface area contributed by atoms with Crippen LogP contribution in [0.3, 0.4) is 0 Å². The van der Waals surface area contributed by atoms with Gasteiger partial charge in [0.2, 0.25) is 0 Å². The van der Waals surface area contributed by atoms with Crippen LogP contribution in [0.1, 0.15) is 45.4 Å². The molecule has 0 aromatic carbocycles. The highest BCUT2D eigenvalue weighted by molar-refractivity contribution is 4.84. The number of nitrogens with zero attached hydrogens (tertiary/aromatic N) is 1. The van der Waals surface area contributed by atoms with E-state index < -0.39 is 0 Å². The zero-order valence-electron chi connectivity index (χ0n) is 10.3. The summed E-state index contributed by atoms with van der Waals surface area (Å²) in [6, 6.07) is 1.64. The third-order valence-electron chi connectivity index (χ3n) is 4.29. The van der Waals surface area contributed by atoms with Crippen molar-refractivity contribution in [3.63, 3.8) is 0 Å². The van der Waals surface area contributed by atoms with E-state index in [9.17, 15) is 0 Å². The summed E-state index contributed by atoms with van der Waals surface area (Å²) in [5.74, 6) is 0.957. The Hall–Kier alpha value is -0.0800. The molecule has 3 atom stereocenters. The maximum Gasteiger partial charge on any atom is 0.0192 e. The molecule has 3 unspecified atom stereocenters. The molecule has 1 saturated carbocycles. The van der Waals surface area contributed by atoms with E-state index in [1.807, 2.05) is 0 Å². The Labute approximate surface area is 94.4 Å². The van der Waals surface area contributed by atoms with Gasteiger partial charge >= 0.3 is 0 Å². The van der Waals surface area contributed by atoms with Crippen LogP contribution in [-0.2, 0) is 0 Å². The van der Waals surface area contributed by atoms with E-state index in [-0.39, 0.29) is 0 Å². The molecule has 15 heavy (non-hydrogen) atoms. The Morgan fingerprint density at radius 3 is 2.73 bits per heavy atom. The van der Waals surface area contributed by atoms with Gasteiger partial charge in [0.15, 0.2) is 0 Å². The van der Waals surface area contributed by atoms with Crippen LogP contribution in [0.15, 0.2) is 0 Å². The lowest BCUT2D eigenvalue weighted by Gasteiger charge is -2.41. The third-order valence-corrected chi connectivity index (χ3v) is 4.29. The van der Waals surface area contributed by atoms with Crippen LogP contribution in [0.5, 0.6) is 0 Å². The SMILES string of the molecule is CNC1CCCN(C2CCCC(C)C2)C1. The van der Waals surface area contributed by atoms with Crippen molar-refractivity contribution in [3.05, 3.63) is 0 Å². The molecule has 1 aliphatic carbocycles. The molecule has 0 amide bonds. The first-order chi connectivity index (χ1) is 7.29. The van der Waals surface area contributed by atoms with Crippen molar-refractivity contribution in [3.8, 4) is 0 Å². The topological polar surface area (TPSA) is 15.3 Å². The van der Waals surface area contributed by atoms with E-state index in [1.54, 1.807) is 0 Å². The molecule has 2 nitrogen and oxygen atoms in total. The van der Waals surface area contributed by atoms with Gasteiger partial charge in [-0.3, -0.25) is 4.90 Å². The van der Waals surface area contributed by atoms with Crippen molar-refractivity contribution in [2.75, 3.05) is 20.1 Å². The number of piperidine rings is 1.